The molecule has 30 heavy (non-hydrogen) atoms. The molecule has 0 bridgehead atoms. The molecular weight excluding hydrogens is 400 g/mol. The molecule has 2 heterocycles. The topological polar surface area (TPSA) is 141 Å². The van der Waals surface area contributed by atoms with Crippen molar-refractivity contribution >= 4 is 23.9 Å². The van der Waals surface area contributed by atoms with Crippen molar-refractivity contribution in [3.05, 3.63) is 34.9 Å². The fraction of sp³-hybridized carbons (Fsp3) is 0.444. The van der Waals surface area contributed by atoms with Gasteiger partial charge < -0.3 is 18.9 Å². The average molecular weight is 422 g/mol. The molecule has 0 aliphatic heterocycles. The number of ether oxygens (including phenoxy) is 4. The average Bonchev–Trinajstić information content (AvgIpc) is 3.36. The van der Waals surface area contributed by atoms with Gasteiger partial charge in [0.2, 0.25) is 0 Å². The van der Waals surface area contributed by atoms with Crippen molar-refractivity contribution < 1.29 is 38.1 Å². The van der Waals surface area contributed by atoms with E-state index in [2.05, 4.69) is 10.2 Å². The van der Waals surface area contributed by atoms with Crippen LogP contribution >= 0.6 is 0 Å². The highest BCUT2D eigenvalue weighted by Crippen LogP contribution is 2.12. The number of nitrogens with zero attached hydrogens (tertiary/aromatic N) is 4. The van der Waals surface area contributed by atoms with Crippen LogP contribution in [0.4, 0.5) is 0 Å². The molecule has 2 aromatic rings. The minimum Gasteiger partial charge on any atom is -0.464 e. The zero-order valence-electron chi connectivity index (χ0n) is 17.0. The lowest BCUT2D eigenvalue weighted by Crippen LogP contribution is -2.19. The third-order valence-electron chi connectivity index (χ3n) is 3.84. The SMILES string of the molecule is CCOC(=O)c1cc(C(=O)OC)n(CCn2nc(C(=O)OCC)cc2C(=O)OC)n1. The van der Waals surface area contributed by atoms with E-state index in [9.17, 15) is 19.2 Å². The van der Waals surface area contributed by atoms with Gasteiger partial charge in [0.25, 0.3) is 0 Å². The summed E-state index contributed by atoms with van der Waals surface area (Å²) in [5.74, 6) is -2.81. The quantitative estimate of drug-likeness (QED) is 0.419. The van der Waals surface area contributed by atoms with E-state index in [0.717, 1.165) is 0 Å². The summed E-state index contributed by atoms with van der Waals surface area (Å²) >= 11 is 0. The summed E-state index contributed by atoms with van der Waals surface area (Å²) in [6.07, 6.45) is 0. The molecule has 2 rings (SSSR count). The third kappa shape index (κ3) is 5.01. The second-order valence-electron chi connectivity index (χ2n) is 5.70. The zero-order chi connectivity index (χ0) is 22.3. The lowest BCUT2D eigenvalue weighted by atomic mass is 10.3. The number of rotatable bonds is 9. The molecule has 0 saturated heterocycles. The van der Waals surface area contributed by atoms with E-state index >= 15 is 0 Å². The molecule has 0 fully saturated rings. The Kier molecular flexibility index (Phi) is 7.67. The van der Waals surface area contributed by atoms with Crippen molar-refractivity contribution in [1.29, 1.82) is 0 Å². The lowest BCUT2D eigenvalue weighted by molar-refractivity contribution is 0.0508. The minimum atomic E-state index is -0.709. The van der Waals surface area contributed by atoms with Crippen molar-refractivity contribution in [2.24, 2.45) is 0 Å². The molecule has 0 N–H and O–H groups in total. The first-order chi connectivity index (χ1) is 14.4. The molecule has 2 aromatic heterocycles. The van der Waals surface area contributed by atoms with E-state index < -0.39 is 23.9 Å². The smallest absolute Gasteiger partial charge is 0.358 e. The first-order valence-corrected chi connectivity index (χ1v) is 9.02. The summed E-state index contributed by atoms with van der Waals surface area (Å²) in [5, 5.41) is 8.14. The Bertz CT molecular complexity index is 870. The van der Waals surface area contributed by atoms with Gasteiger partial charge in [0.05, 0.1) is 40.5 Å². The molecule has 0 aliphatic carbocycles. The van der Waals surface area contributed by atoms with Gasteiger partial charge in [-0.2, -0.15) is 10.2 Å². The summed E-state index contributed by atoms with van der Waals surface area (Å²) in [6, 6.07) is 2.50. The zero-order valence-corrected chi connectivity index (χ0v) is 17.0. The standard InChI is InChI=1S/C18H22N4O8/c1-5-29-15(23)11-9-13(17(25)27-3)21(19-11)7-8-22-14(18(26)28-4)10-12(20-22)16(24)30-6-2/h9-10H,5-8H2,1-4H3. The molecule has 12 nitrogen and oxygen atoms in total. The summed E-state index contributed by atoms with van der Waals surface area (Å²) in [7, 11) is 2.39. The van der Waals surface area contributed by atoms with Crippen LogP contribution in [0.15, 0.2) is 12.1 Å². The summed E-state index contributed by atoms with van der Waals surface area (Å²) < 4.78 is 21.7. The number of hydrogen-bond donors (Lipinski definition) is 0. The number of aromatic nitrogens is 4. The fourth-order valence-corrected chi connectivity index (χ4v) is 2.51. The van der Waals surface area contributed by atoms with Crippen LogP contribution < -0.4 is 0 Å². The highest BCUT2D eigenvalue weighted by atomic mass is 16.5. The molecule has 0 unspecified atom stereocenters. The molecule has 0 spiro atoms. The van der Waals surface area contributed by atoms with Crippen LogP contribution in [0.1, 0.15) is 55.8 Å². The van der Waals surface area contributed by atoms with Crippen molar-refractivity contribution in [3.8, 4) is 0 Å². The highest BCUT2D eigenvalue weighted by molar-refractivity contribution is 5.94. The van der Waals surface area contributed by atoms with Crippen LogP contribution in [0, 0.1) is 0 Å². The third-order valence-corrected chi connectivity index (χ3v) is 3.84. The number of carbonyl (C=O) groups is 4. The molecule has 0 amide bonds. The summed E-state index contributed by atoms with van der Waals surface area (Å²) in [5.41, 5.74) is -0.118. The van der Waals surface area contributed by atoms with Crippen LogP contribution in [0.5, 0.6) is 0 Å². The molecule has 0 aromatic carbocycles. The molecule has 12 heteroatoms. The van der Waals surface area contributed by atoms with E-state index in [1.165, 1.54) is 35.7 Å². The van der Waals surface area contributed by atoms with Crippen molar-refractivity contribution in [2.45, 2.75) is 26.9 Å². The number of esters is 4. The van der Waals surface area contributed by atoms with Crippen LogP contribution in [0.2, 0.25) is 0 Å². The molecule has 0 radical (unpaired) electrons. The van der Waals surface area contributed by atoms with Crippen molar-refractivity contribution in [3.63, 3.8) is 0 Å². The summed E-state index contributed by atoms with van der Waals surface area (Å²) in [6.45, 7) is 3.62. The predicted octanol–water partition coefficient (Wildman–Crippen LogP) is 0.706. The van der Waals surface area contributed by atoms with Crippen LogP contribution in [-0.2, 0) is 32.0 Å². The first-order valence-electron chi connectivity index (χ1n) is 9.02. The Morgan fingerprint density at radius 1 is 0.733 bits per heavy atom. The second kappa shape index (κ2) is 10.2. The molecule has 0 aliphatic rings. The van der Waals surface area contributed by atoms with Gasteiger partial charge in [-0.1, -0.05) is 0 Å². The van der Waals surface area contributed by atoms with E-state index in [-0.39, 0.29) is 49.1 Å². The number of methoxy groups -OCH3 is 2. The van der Waals surface area contributed by atoms with Crippen molar-refractivity contribution in [2.75, 3.05) is 27.4 Å². The van der Waals surface area contributed by atoms with Crippen LogP contribution in [-0.4, -0.2) is 70.9 Å². The monoisotopic (exact) mass is 422 g/mol. The van der Waals surface area contributed by atoms with Gasteiger partial charge in [-0.15, -0.1) is 0 Å². The molecular formula is C18H22N4O8. The van der Waals surface area contributed by atoms with Gasteiger partial charge in [-0.25, -0.2) is 19.2 Å². The maximum Gasteiger partial charge on any atom is 0.358 e. The van der Waals surface area contributed by atoms with E-state index in [1.54, 1.807) is 13.8 Å². The number of aryl methyl sites for hydroxylation is 2. The normalized spacial score (nSPS) is 10.4. The Hall–Kier alpha value is -3.70. The van der Waals surface area contributed by atoms with E-state index in [4.69, 9.17) is 18.9 Å². The van der Waals surface area contributed by atoms with E-state index in [1.807, 2.05) is 0 Å². The van der Waals surface area contributed by atoms with Crippen molar-refractivity contribution in [1.82, 2.24) is 19.6 Å². The molecule has 162 valence electrons. The van der Waals surface area contributed by atoms with Gasteiger partial charge in [0.1, 0.15) is 11.4 Å². The van der Waals surface area contributed by atoms with Gasteiger partial charge >= 0.3 is 23.9 Å². The van der Waals surface area contributed by atoms with Gasteiger partial charge in [-0.3, -0.25) is 9.36 Å². The first kappa shape index (κ1) is 22.6. The van der Waals surface area contributed by atoms with Gasteiger partial charge in [0.15, 0.2) is 11.4 Å². The van der Waals surface area contributed by atoms with E-state index in [0.29, 0.717) is 0 Å². The Morgan fingerprint density at radius 3 is 1.40 bits per heavy atom. The van der Waals surface area contributed by atoms with Gasteiger partial charge in [0, 0.05) is 12.1 Å². The minimum absolute atomic E-state index is 0.0120. The van der Waals surface area contributed by atoms with Gasteiger partial charge in [-0.05, 0) is 13.8 Å². The molecule has 0 saturated carbocycles. The lowest BCUT2D eigenvalue weighted by Gasteiger charge is -2.08. The fourth-order valence-electron chi connectivity index (χ4n) is 2.51. The summed E-state index contributed by atoms with van der Waals surface area (Å²) in [4.78, 5) is 47.9. The highest BCUT2D eigenvalue weighted by Gasteiger charge is 2.23. The predicted molar refractivity (Wildman–Crippen MR) is 99.0 cm³/mol. The maximum atomic E-state index is 12.0. The Balaban J connectivity index is 2.33. The molecule has 0 atom stereocenters. The van der Waals surface area contributed by atoms with Crippen LogP contribution in [0.25, 0.3) is 0 Å². The maximum absolute atomic E-state index is 12.0. The number of carbonyl (C=O) groups excluding carboxylic acids is 4. The Labute approximate surface area is 171 Å². The van der Waals surface area contributed by atoms with Crippen LogP contribution in [0.3, 0.4) is 0 Å². The second-order valence-corrected chi connectivity index (χ2v) is 5.70. The Morgan fingerprint density at radius 2 is 1.10 bits per heavy atom. The number of hydrogen-bond acceptors (Lipinski definition) is 10. The largest absolute Gasteiger partial charge is 0.464 e.